The third-order valence-corrected chi connectivity index (χ3v) is 3.53. The van der Waals surface area contributed by atoms with Crippen molar-refractivity contribution in [2.24, 2.45) is 5.10 Å². The fraction of sp³-hybridized carbons (Fsp3) is 0.200. The number of nitrogens with one attached hydrogen (secondary N) is 2. The molecule has 0 unspecified atom stereocenters. The zero-order valence-corrected chi connectivity index (χ0v) is 14.4. The second-order valence-corrected chi connectivity index (χ2v) is 5.56. The van der Waals surface area contributed by atoms with Crippen molar-refractivity contribution in [2.45, 2.75) is 13.8 Å². The molecule has 0 amide bonds. The van der Waals surface area contributed by atoms with E-state index in [1.54, 1.807) is 10.8 Å². The van der Waals surface area contributed by atoms with Gasteiger partial charge in [0, 0.05) is 11.6 Å². The summed E-state index contributed by atoms with van der Waals surface area (Å²) >= 11 is 11.0. The van der Waals surface area contributed by atoms with Crippen molar-refractivity contribution in [1.29, 1.82) is 0 Å². The van der Waals surface area contributed by atoms with Gasteiger partial charge in [-0.05, 0) is 50.3 Å². The van der Waals surface area contributed by atoms with Gasteiger partial charge in [-0.2, -0.15) is 5.10 Å². The van der Waals surface area contributed by atoms with E-state index in [1.165, 1.54) is 0 Å². The normalized spacial score (nSPS) is 11.2. The molecule has 0 saturated heterocycles. The Morgan fingerprint density at radius 2 is 2.13 bits per heavy atom. The van der Waals surface area contributed by atoms with Gasteiger partial charge < -0.3 is 5.32 Å². The van der Waals surface area contributed by atoms with Crippen molar-refractivity contribution in [3.8, 4) is 5.69 Å². The van der Waals surface area contributed by atoms with Crippen LogP contribution in [0, 0.1) is 6.92 Å². The van der Waals surface area contributed by atoms with E-state index >= 15 is 0 Å². The lowest BCUT2D eigenvalue weighted by molar-refractivity contribution is 0.785. The predicted molar refractivity (Wildman–Crippen MR) is 97.3 cm³/mol. The van der Waals surface area contributed by atoms with Crippen LogP contribution in [0.1, 0.15) is 18.3 Å². The first-order valence-electron chi connectivity index (χ1n) is 6.90. The van der Waals surface area contributed by atoms with E-state index in [0.29, 0.717) is 28.1 Å². The first kappa shape index (κ1) is 17.1. The van der Waals surface area contributed by atoms with Crippen molar-refractivity contribution in [1.82, 2.24) is 25.7 Å². The predicted octanol–water partition coefficient (Wildman–Crippen LogP) is 2.60. The van der Waals surface area contributed by atoms with E-state index in [2.05, 4.69) is 32.7 Å². The summed E-state index contributed by atoms with van der Waals surface area (Å²) in [5, 5.41) is 16.6. The zero-order chi connectivity index (χ0) is 16.8. The van der Waals surface area contributed by atoms with Crippen LogP contribution in [0.25, 0.3) is 5.69 Å². The number of aromatic nitrogens is 3. The number of hydrazone groups is 1. The highest BCUT2D eigenvalue weighted by Gasteiger charge is 2.12. The largest absolute Gasteiger partial charge is 0.358 e. The van der Waals surface area contributed by atoms with Crippen LogP contribution in [0.5, 0.6) is 0 Å². The molecule has 0 saturated carbocycles. The molecule has 0 aliphatic rings. The van der Waals surface area contributed by atoms with E-state index in [-0.39, 0.29) is 0 Å². The summed E-state index contributed by atoms with van der Waals surface area (Å²) in [5.41, 5.74) is 5.90. The molecule has 0 radical (unpaired) electrons. The lowest BCUT2D eigenvalue weighted by Crippen LogP contribution is -2.32. The number of halogens is 1. The first-order chi connectivity index (χ1) is 11.0. The SMILES string of the molecule is C=CCNC(=S)N/N=C(\C)c1nnn(-c2ccc(Cl)cc2)c1C. The van der Waals surface area contributed by atoms with Gasteiger partial charge in [0.1, 0.15) is 5.69 Å². The van der Waals surface area contributed by atoms with Crippen molar-refractivity contribution in [3.63, 3.8) is 0 Å². The Labute approximate surface area is 145 Å². The topological polar surface area (TPSA) is 67.1 Å². The van der Waals surface area contributed by atoms with Gasteiger partial charge in [0.05, 0.1) is 17.1 Å². The summed E-state index contributed by atoms with van der Waals surface area (Å²) in [4.78, 5) is 0. The molecule has 1 aromatic heterocycles. The molecule has 8 heteroatoms. The molecule has 1 aromatic carbocycles. The summed E-state index contributed by atoms with van der Waals surface area (Å²) in [6.45, 7) is 7.95. The van der Waals surface area contributed by atoms with Crippen molar-refractivity contribution in [3.05, 3.63) is 53.3 Å². The maximum atomic E-state index is 5.90. The van der Waals surface area contributed by atoms with Gasteiger partial charge in [0.2, 0.25) is 0 Å². The monoisotopic (exact) mass is 348 g/mol. The minimum atomic E-state index is 0.423. The molecule has 0 atom stereocenters. The number of hydrogen-bond acceptors (Lipinski definition) is 4. The molecular weight excluding hydrogens is 332 g/mol. The third-order valence-electron chi connectivity index (χ3n) is 3.04. The Morgan fingerprint density at radius 1 is 1.43 bits per heavy atom. The third kappa shape index (κ3) is 4.37. The molecule has 120 valence electrons. The Hall–Kier alpha value is -2.25. The summed E-state index contributed by atoms with van der Waals surface area (Å²) < 4.78 is 1.74. The van der Waals surface area contributed by atoms with Gasteiger partial charge in [-0.1, -0.05) is 22.9 Å². The van der Waals surface area contributed by atoms with Crippen LogP contribution >= 0.6 is 23.8 Å². The Bertz CT molecular complexity index is 735. The summed E-state index contributed by atoms with van der Waals surface area (Å²) in [5.74, 6) is 0. The molecule has 0 spiro atoms. The van der Waals surface area contributed by atoms with Crippen LogP contribution < -0.4 is 10.7 Å². The smallest absolute Gasteiger partial charge is 0.187 e. The van der Waals surface area contributed by atoms with Crippen LogP contribution in [-0.4, -0.2) is 32.4 Å². The van der Waals surface area contributed by atoms with E-state index in [4.69, 9.17) is 23.8 Å². The standard InChI is InChI=1S/C15H17ClN6S/c1-4-9-17-15(23)20-18-10(2)14-11(3)22(21-19-14)13-7-5-12(16)6-8-13/h4-8H,1,9H2,2-3H3,(H2,17,20,23)/b18-10+. The van der Waals surface area contributed by atoms with Crippen molar-refractivity contribution >= 4 is 34.6 Å². The Morgan fingerprint density at radius 3 is 2.78 bits per heavy atom. The molecule has 6 nitrogen and oxygen atoms in total. The number of hydrogen-bond donors (Lipinski definition) is 2. The first-order valence-corrected chi connectivity index (χ1v) is 7.69. The van der Waals surface area contributed by atoms with Gasteiger partial charge in [0.15, 0.2) is 5.11 Å². The zero-order valence-electron chi connectivity index (χ0n) is 12.9. The molecule has 0 aliphatic heterocycles. The lowest BCUT2D eigenvalue weighted by Gasteiger charge is -2.06. The van der Waals surface area contributed by atoms with E-state index in [9.17, 15) is 0 Å². The Kier molecular flexibility index (Phi) is 5.84. The highest BCUT2D eigenvalue weighted by atomic mass is 35.5. The van der Waals surface area contributed by atoms with Gasteiger partial charge in [0.25, 0.3) is 0 Å². The lowest BCUT2D eigenvalue weighted by atomic mass is 10.2. The van der Waals surface area contributed by atoms with Crippen LogP contribution in [0.3, 0.4) is 0 Å². The number of nitrogens with zero attached hydrogens (tertiary/aromatic N) is 4. The highest BCUT2D eigenvalue weighted by molar-refractivity contribution is 7.80. The average molecular weight is 349 g/mol. The molecule has 0 aliphatic carbocycles. The number of rotatable bonds is 5. The van der Waals surface area contributed by atoms with E-state index in [0.717, 1.165) is 11.4 Å². The molecule has 23 heavy (non-hydrogen) atoms. The highest BCUT2D eigenvalue weighted by Crippen LogP contribution is 2.15. The minimum absolute atomic E-state index is 0.423. The van der Waals surface area contributed by atoms with E-state index in [1.807, 2.05) is 38.1 Å². The fourth-order valence-electron chi connectivity index (χ4n) is 1.88. The van der Waals surface area contributed by atoms with Crippen molar-refractivity contribution in [2.75, 3.05) is 6.54 Å². The van der Waals surface area contributed by atoms with Gasteiger partial charge in [-0.15, -0.1) is 11.7 Å². The fourth-order valence-corrected chi connectivity index (χ4v) is 2.14. The maximum absolute atomic E-state index is 5.90. The second-order valence-electron chi connectivity index (χ2n) is 4.72. The van der Waals surface area contributed by atoms with E-state index < -0.39 is 0 Å². The van der Waals surface area contributed by atoms with Gasteiger partial charge in [-0.3, -0.25) is 5.43 Å². The maximum Gasteiger partial charge on any atom is 0.187 e. The molecule has 2 N–H and O–H groups in total. The molecule has 0 fully saturated rings. The van der Waals surface area contributed by atoms with Gasteiger partial charge >= 0.3 is 0 Å². The van der Waals surface area contributed by atoms with Crippen LogP contribution in [0.15, 0.2) is 42.0 Å². The van der Waals surface area contributed by atoms with Crippen LogP contribution in [-0.2, 0) is 0 Å². The summed E-state index contributed by atoms with van der Waals surface area (Å²) in [7, 11) is 0. The molecular formula is C15H17ClN6S. The number of benzene rings is 1. The number of thiocarbonyl (C=S) groups is 1. The molecule has 2 rings (SSSR count). The summed E-state index contributed by atoms with van der Waals surface area (Å²) in [6.07, 6.45) is 1.71. The van der Waals surface area contributed by atoms with Crippen molar-refractivity contribution < 1.29 is 0 Å². The van der Waals surface area contributed by atoms with Crippen LogP contribution in [0.2, 0.25) is 5.02 Å². The quantitative estimate of drug-likeness (QED) is 0.376. The molecule has 1 heterocycles. The summed E-state index contributed by atoms with van der Waals surface area (Å²) in [6, 6.07) is 7.38. The second kappa shape index (κ2) is 7.85. The molecule has 0 bridgehead atoms. The van der Waals surface area contributed by atoms with Crippen LogP contribution in [0.4, 0.5) is 0 Å². The Balaban J connectivity index is 2.16. The minimum Gasteiger partial charge on any atom is -0.358 e. The average Bonchev–Trinajstić information content (AvgIpc) is 2.93. The van der Waals surface area contributed by atoms with Gasteiger partial charge in [-0.25, -0.2) is 4.68 Å². The molecule has 2 aromatic rings.